The molecule has 1 rings (SSSR count). The largest absolute Gasteiger partial charge is 0.598 e. The van der Waals surface area contributed by atoms with Crippen molar-refractivity contribution in [2.24, 2.45) is 0 Å². The fraction of sp³-hybridized carbons (Fsp3) is 0.625. The number of carbonyl (C=O) groups is 1. The fourth-order valence-electron chi connectivity index (χ4n) is 1.10. The van der Waals surface area contributed by atoms with Crippen LogP contribution in [0.25, 0.3) is 0 Å². The van der Waals surface area contributed by atoms with E-state index in [1.165, 1.54) is 0 Å². The van der Waals surface area contributed by atoms with Crippen molar-refractivity contribution in [1.29, 1.82) is 0 Å². The maximum Gasteiger partial charge on any atom is 0.335 e. The second-order valence-electron chi connectivity index (χ2n) is 2.70. The second-order valence-corrected chi connectivity index (χ2v) is 4.06. The highest BCUT2D eigenvalue weighted by Gasteiger charge is 2.25. The van der Waals surface area contributed by atoms with Gasteiger partial charge in [0.1, 0.15) is 6.26 Å². The molecule has 1 aliphatic rings. The van der Waals surface area contributed by atoms with Gasteiger partial charge in [-0.2, -0.15) is 0 Å². The molecule has 0 aromatic rings. The van der Waals surface area contributed by atoms with Crippen LogP contribution in [0, 0.1) is 0 Å². The van der Waals surface area contributed by atoms with Gasteiger partial charge in [0.25, 0.3) is 0 Å². The molecule has 0 fully saturated rings. The molecule has 5 heteroatoms. The Bertz CT molecular complexity index is 227. The van der Waals surface area contributed by atoms with Crippen LogP contribution in [0.4, 0.5) is 0 Å². The summed E-state index contributed by atoms with van der Waals surface area (Å²) in [5, 5.41) is 0. The van der Waals surface area contributed by atoms with Crippen molar-refractivity contribution >= 4 is 17.3 Å². The Balaban J connectivity index is 2.44. The first-order valence-electron chi connectivity index (χ1n) is 4.09. The lowest BCUT2D eigenvalue weighted by Gasteiger charge is -2.15. The summed E-state index contributed by atoms with van der Waals surface area (Å²) >= 11 is -1.01. The number of nitrogens with zero attached hydrogens (tertiary/aromatic N) is 1. The molecule has 0 radical (unpaired) electrons. The van der Waals surface area contributed by atoms with Gasteiger partial charge < -0.3 is 9.29 Å². The Morgan fingerprint density at radius 1 is 1.85 bits per heavy atom. The topological polar surface area (TPSA) is 52.6 Å². The van der Waals surface area contributed by atoms with Crippen molar-refractivity contribution in [2.45, 2.75) is 6.92 Å². The van der Waals surface area contributed by atoms with Gasteiger partial charge in [0.2, 0.25) is 0 Å². The molecule has 0 amide bonds. The Hall–Kier alpha value is -0.520. The average molecular weight is 203 g/mol. The van der Waals surface area contributed by atoms with Crippen LogP contribution < -0.4 is 0 Å². The molecule has 0 N–H and O–H groups in total. The summed E-state index contributed by atoms with van der Waals surface area (Å²) < 4.78 is 17.5. The van der Waals surface area contributed by atoms with E-state index in [1.54, 1.807) is 23.6 Å². The van der Waals surface area contributed by atoms with Gasteiger partial charge >= 0.3 is 5.97 Å². The molecule has 1 unspecified atom stereocenters. The van der Waals surface area contributed by atoms with Gasteiger partial charge in [0.05, 0.1) is 25.3 Å². The van der Waals surface area contributed by atoms with E-state index in [9.17, 15) is 9.35 Å². The molecule has 1 atom stereocenters. The Labute approximate surface area is 80.9 Å². The lowest BCUT2D eigenvalue weighted by molar-refractivity contribution is -0.138. The Morgan fingerprint density at radius 2 is 2.54 bits per heavy atom. The maximum atomic E-state index is 11.2. The third-order valence-electron chi connectivity index (χ3n) is 1.79. The minimum Gasteiger partial charge on any atom is -0.598 e. The van der Waals surface area contributed by atoms with E-state index >= 15 is 0 Å². The summed E-state index contributed by atoms with van der Waals surface area (Å²) in [5.74, 6) is -0.296. The molecule has 0 aromatic carbocycles. The molecular weight excluding hydrogens is 190 g/mol. The van der Waals surface area contributed by atoms with Gasteiger partial charge in [-0.05, 0) is 6.92 Å². The molecule has 0 spiro atoms. The first kappa shape index (κ1) is 10.6. The van der Waals surface area contributed by atoms with Crippen molar-refractivity contribution in [3.8, 4) is 0 Å². The van der Waals surface area contributed by atoms with Crippen LogP contribution in [-0.4, -0.2) is 40.8 Å². The number of hydrogen-bond acceptors (Lipinski definition) is 4. The highest BCUT2D eigenvalue weighted by Crippen LogP contribution is 2.13. The minimum absolute atomic E-state index is 0.296. The zero-order chi connectivity index (χ0) is 9.84. The number of carbonyl (C=O) groups excluding carboxylic acids is 1. The van der Waals surface area contributed by atoms with Crippen LogP contribution in [0.1, 0.15) is 6.92 Å². The van der Waals surface area contributed by atoms with E-state index in [2.05, 4.69) is 0 Å². The number of hydrogen-bond donors (Lipinski definition) is 0. The minimum atomic E-state index is -1.01. The molecule has 4 nitrogen and oxygen atoms in total. The number of rotatable bonds is 3. The average Bonchev–Trinajstić information content (AvgIpc) is 2.52. The summed E-state index contributed by atoms with van der Waals surface area (Å²) in [5.41, 5.74) is 0.608. The van der Waals surface area contributed by atoms with Crippen molar-refractivity contribution < 1.29 is 14.1 Å². The Morgan fingerprint density at radius 3 is 3.00 bits per heavy atom. The highest BCUT2D eigenvalue weighted by molar-refractivity contribution is 7.88. The molecule has 1 aliphatic heterocycles. The third-order valence-corrected chi connectivity index (χ3v) is 2.79. The van der Waals surface area contributed by atoms with Gasteiger partial charge in [-0.25, -0.2) is 4.79 Å². The predicted molar refractivity (Wildman–Crippen MR) is 50.4 cm³/mol. The third kappa shape index (κ3) is 2.72. The van der Waals surface area contributed by atoms with E-state index in [1.807, 2.05) is 0 Å². The van der Waals surface area contributed by atoms with E-state index in [-0.39, 0.29) is 5.97 Å². The zero-order valence-electron chi connectivity index (χ0n) is 7.78. The number of ether oxygens (including phenoxy) is 1. The van der Waals surface area contributed by atoms with Crippen LogP contribution in [-0.2, 0) is 20.9 Å². The molecule has 0 bridgehead atoms. The lowest BCUT2D eigenvalue weighted by Crippen LogP contribution is -2.28. The maximum absolute atomic E-state index is 11.2. The summed E-state index contributed by atoms with van der Waals surface area (Å²) in [6, 6.07) is 0. The molecular formula is C8H13NO3S. The van der Waals surface area contributed by atoms with Crippen molar-refractivity contribution in [3.05, 3.63) is 11.6 Å². The van der Waals surface area contributed by atoms with Gasteiger partial charge in [-0.1, -0.05) is 6.08 Å². The molecule has 0 saturated carbocycles. The summed E-state index contributed by atoms with van der Waals surface area (Å²) in [6.07, 6.45) is 3.36. The molecule has 0 aliphatic carbocycles. The number of esters is 1. The summed E-state index contributed by atoms with van der Waals surface area (Å²) in [7, 11) is 0. The van der Waals surface area contributed by atoms with E-state index in [4.69, 9.17) is 4.74 Å². The normalized spacial score (nSPS) is 19.8. The smallest absolute Gasteiger partial charge is 0.335 e. The van der Waals surface area contributed by atoms with Crippen molar-refractivity contribution in [3.63, 3.8) is 0 Å². The first-order valence-corrected chi connectivity index (χ1v) is 5.61. The SMILES string of the molecule is CCOC(=O)C1=CCN([S+](C)[O-])C1. The Kier molecular flexibility index (Phi) is 3.77. The molecule has 1 heterocycles. The molecule has 74 valence electrons. The van der Waals surface area contributed by atoms with Gasteiger partial charge in [0, 0.05) is 11.4 Å². The quantitative estimate of drug-likeness (QED) is 0.481. The van der Waals surface area contributed by atoms with Crippen LogP contribution in [0.15, 0.2) is 11.6 Å². The van der Waals surface area contributed by atoms with E-state index < -0.39 is 11.4 Å². The van der Waals surface area contributed by atoms with E-state index in [0.29, 0.717) is 25.3 Å². The van der Waals surface area contributed by atoms with Crippen LogP contribution >= 0.6 is 0 Å². The predicted octanol–water partition coefficient (Wildman–Crippen LogP) is 0.0850. The molecule has 0 saturated heterocycles. The van der Waals surface area contributed by atoms with Crippen LogP contribution in [0.5, 0.6) is 0 Å². The lowest BCUT2D eigenvalue weighted by atomic mass is 10.3. The first-order chi connectivity index (χ1) is 6.15. The van der Waals surface area contributed by atoms with Crippen LogP contribution in [0.3, 0.4) is 0 Å². The highest BCUT2D eigenvalue weighted by atomic mass is 32.2. The van der Waals surface area contributed by atoms with Gasteiger partial charge in [-0.3, -0.25) is 0 Å². The van der Waals surface area contributed by atoms with Crippen molar-refractivity contribution in [2.75, 3.05) is 26.0 Å². The van der Waals surface area contributed by atoms with E-state index in [0.717, 1.165) is 0 Å². The van der Waals surface area contributed by atoms with Gasteiger partial charge in [0.15, 0.2) is 0 Å². The van der Waals surface area contributed by atoms with Gasteiger partial charge in [-0.15, -0.1) is 4.31 Å². The molecule has 13 heavy (non-hydrogen) atoms. The fourth-order valence-corrected chi connectivity index (χ4v) is 1.70. The standard InChI is InChI=1S/C8H13NO3S/c1-3-12-8(10)7-4-5-9(6-7)13(2)11/h4H,3,5-6H2,1-2H3. The van der Waals surface area contributed by atoms with Crippen LogP contribution in [0.2, 0.25) is 0 Å². The monoisotopic (exact) mass is 203 g/mol. The summed E-state index contributed by atoms with van der Waals surface area (Å²) in [4.78, 5) is 11.2. The zero-order valence-corrected chi connectivity index (χ0v) is 8.60. The summed E-state index contributed by atoms with van der Waals surface area (Å²) in [6.45, 7) is 3.15. The molecule has 0 aromatic heterocycles. The van der Waals surface area contributed by atoms with Crippen molar-refractivity contribution in [1.82, 2.24) is 4.31 Å². The second kappa shape index (κ2) is 4.64.